The Morgan fingerprint density at radius 3 is 2.46 bits per heavy atom. The van der Waals surface area contributed by atoms with E-state index in [2.05, 4.69) is 47.1 Å². The first-order chi connectivity index (χ1) is 22.3. The number of rotatable bonds is 14. The Bertz CT molecular complexity index is 1370. The Morgan fingerprint density at radius 2 is 1.74 bits per heavy atom. The van der Waals surface area contributed by atoms with Crippen LogP contribution in [0.25, 0.3) is 22.4 Å². The molecule has 0 spiro atoms. The van der Waals surface area contributed by atoms with Crippen molar-refractivity contribution in [2.75, 3.05) is 39.3 Å². The van der Waals surface area contributed by atoms with Crippen LogP contribution in [0.3, 0.4) is 0 Å². The number of hydrogen-bond acceptors (Lipinski definition) is 8. The number of benzene rings is 2. The molecule has 1 aliphatic heterocycles. The molecule has 250 valence electrons. The maximum atomic E-state index is 12.0. The third kappa shape index (κ3) is 10.1. The van der Waals surface area contributed by atoms with Gasteiger partial charge in [0.2, 0.25) is 0 Å². The van der Waals surface area contributed by atoms with Crippen molar-refractivity contribution in [3.8, 4) is 28.1 Å². The van der Waals surface area contributed by atoms with Gasteiger partial charge in [0.25, 0.3) is 0 Å². The molecule has 1 aliphatic carbocycles. The van der Waals surface area contributed by atoms with Crippen molar-refractivity contribution in [2.45, 2.75) is 89.2 Å². The number of ether oxygens (including phenoxy) is 5. The summed E-state index contributed by atoms with van der Waals surface area (Å²) in [6, 6.07) is 18.9. The molecule has 0 radical (unpaired) electrons. The van der Waals surface area contributed by atoms with Crippen LogP contribution in [-0.2, 0) is 30.3 Å². The van der Waals surface area contributed by atoms with Gasteiger partial charge in [-0.15, -0.1) is 11.8 Å². The van der Waals surface area contributed by atoms with Crippen LogP contribution < -0.4 is 4.74 Å². The first-order valence-corrected chi connectivity index (χ1v) is 17.7. The highest BCUT2D eigenvalue weighted by Crippen LogP contribution is 2.42. The fourth-order valence-corrected chi connectivity index (χ4v) is 7.16. The number of methoxy groups -OCH3 is 1. The predicted octanol–water partition coefficient (Wildman–Crippen LogP) is 8.03. The minimum atomic E-state index is -0.494. The third-order valence-corrected chi connectivity index (χ3v) is 9.41. The van der Waals surface area contributed by atoms with Crippen LogP contribution >= 0.6 is 11.8 Å². The van der Waals surface area contributed by atoms with Gasteiger partial charge in [0.15, 0.2) is 6.29 Å². The second kappa shape index (κ2) is 16.8. The van der Waals surface area contributed by atoms with Crippen LogP contribution in [0.5, 0.6) is 5.75 Å². The van der Waals surface area contributed by atoms with E-state index >= 15 is 0 Å². The standard InChI is InChI=1S/C37H50N2O6S/c1-37(2,3)45-32(40)26-42-25-28-18-16-27(17-19-28)24-39-35(29-11-6-5-7-12-29)34(30-13-10-14-31(23-30)41-4)36(38-39)46-22-21-44-33-15-8-9-20-43-33/h5-7,10-14,23,27-28,33H,8-9,15-22,24-26H2,1-4H3/t27-,28-,33?. The van der Waals surface area contributed by atoms with Crippen LogP contribution in [0.15, 0.2) is 59.6 Å². The normalized spacial score (nSPS) is 20.4. The van der Waals surface area contributed by atoms with Crippen LogP contribution in [0.4, 0.5) is 0 Å². The van der Waals surface area contributed by atoms with Gasteiger partial charge < -0.3 is 23.7 Å². The van der Waals surface area contributed by atoms with Gasteiger partial charge in [-0.2, -0.15) is 5.10 Å². The molecule has 0 amide bonds. The number of esters is 1. The quantitative estimate of drug-likeness (QED) is 0.0986. The second-order valence-corrected chi connectivity index (χ2v) is 14.4. The van der Waals surface area contributed by atoms with Gasteiger partial charge in [0, 0.05) is 30.0 Å². The number of hydrogen-bond donors (Lipinski definition) is 0. The molecule has 0 N–H and O–H groups in total. The molecule has 0 bridgehead atoms. The Kier molecular flexibility index (Phi) is 12.6. The lowest BCUT2D eigenvalue weighted by Gasteiger charge is -2.29. The van der Waals surface area contributed by atoms with Crippen LogP contribution in [-0.4, -0.2) is 66.9 Å². The second-order valence-electron chi connectivity index (χ2n) is 13.3. The molecule has 2 aromatic carbocycles. The average molecular weight is 651 g/mol. The summed E-state index contributed by atoms with van der Waals surface area (Å²) in [6.45, 7) is 8.47. The summed E-state index contributed by atoms with van der Waals surface area (Å²) in [7, 11) is 1.71. The fourth-order valence-electron chi connectivity index (χ4n) is 6.27. The lowest BCUT2D eigenvalue weighted by atomic mass is 9.82. The topological polar surface area (TPSA) is 81.0 Å². The summed E-state index contributed by atoms with van der Waals surface area (Å²) < 4.78 is 30.8. The highest BCUT2D eigenvalue weighted by Gasteiger charge is 2.27. The highest BCUT2D eigenvalue weighted by atomic mass is 32.2. The lowest BCUT2D eigenvalue weighted by Crippen LogP contribution is -2.28. The van der Waals surface area contributed by atoms with Crippen LogP contribution in [0, 0.1) is 11.8 Å². The zero-order valence-electron chi connectivity index (χ0n) is 27.9. The molecule has 1 saturated carbocycles. The minimum Gasteiger partial charge on any atom is -0.497 e. The molecule has 9 heteroatoms. The predicted molar refractivity (Wildman–Crippen MR) is 182 cm³/mol. The summed E-state index contributed by atoms with van der Waals surface area (Å²) in [5, 5.41) is 6.29. The maximum absolute atomic E-state index is 12.0. The zero-order valence-corrected chi connectivity index (χ0v) is 28.7. The Hall–Kier alpha value is -2.85. The molecule has 1 aromatic heterocycles. The highest BCUT2D eigenvalue weighted by molar-refractivity contribution is 7.99. The Balaban J connectivity index is 1.30. The van der Waals surface area contributed by atoms with Crippen LogP contribution in [0.1, 0.15) is 65.7 Å². The van der Waals surface area contributed by atoms with Crippen molar-refractivity contribution < 1.29 is 28.5 Å². The molecule has 1 saturated heterocycles. The molecule has 46 heavy (non-hydrogen) atoms. The van der Waals surface area contributed by atoms with Gasteiger partial charge in [-0.1, -0.05) is 42.5 Å². The SMILES string of the molecule is COc1cccc(-c2c(SCCOC3CCCCO3)nn(C[C@H]3CC[C@H](COCC(=O)OC(C)(C)C)CC3)c2-c2ccccc2)c1. The average Bonchev–Trinajstić information content (AvgIpc) is 3.41. The lowest BCUT2D eigenvalue weighted by molar-refractivity contribution is -0.160. The first-order valence-electron chi connectivity index (χ1n) is 16.8. The Labute approximate surface area is 278 Å². The van der Waals surface area contributed by atoms with Crippen molar-refractivity contribution in [3.05, 3.63) is 54.6 Å². The third-order valence-electron chi connectivity index (χ3n) is 8.48. The van der Waals surface area contributed by atoms with Gasteiger partial charge in [0.05, 0.1) is 26.0 Å². The molecule has 2 heterocycles. The van der Waals surface area contributed by atoms with Crippen molar-refractivity contribution >= 4 is 17.7 Å². The van der Waals surface area contributed by atoms with E-state index in [-0.39, 0.29) is 18.9 Å². The molecule has 3 aromatic rings. The Morgan fingerprint density at radius 1 is 0.978 bits per heavy atom. The van der Waals surface area contributed by atoms with Crippen molar-refractivity contribution in [1.29, 1.82) is 0 Å². The largest absolute Gasteiger partial charge is 0.497 e. The molecule has 1 atom stereocenters. The first kappa shape index (κ1) is 34.5. The van der Waals surface area contributed by atoms with Crippen LogP contribution in [0.2, 0.25) is 0 Å². The molecular formula is C37H50N2O6S. The number of nitrogens with zero attached hydrogens (tertiary/aromatic N) is 2. The van der Waals surface area contributed by atoms with Gasteiger partial charge in [-0.05, 0) is 95.2 Å². The van der Waals surface area contributed by atoms with E-state index in [1.165, 1.54) is 0 Å². The number of carbonyl (C=O) groups is 1. The molecule has 2 aliphatic rings. The monoisotopic (exact) mass is 650 g/mol. The molecular weight excluding hydrogens is 600 g/mol. The van der Waals surface area contributed by atoms with E-state index in [0.717, 1.165) is 97.0 Å². The van der Waals surface area contributed by atoms with E-state index in [1.807, 2.05) is 32.9 Å². The van der Waals surface area contributed by atoms with E-state index in [0.29, 0.717) is 25.0 Å². The van der Waals surface area contributed by atoms with E-state index in [1.54, 1.807) is 18.9 Å². The van der Waals surface area contributed by atoms with E-state index in [9.17, 15) is 4.79 Å². The number of thioether (sulfide) groups is 1. The summed E-state index contributed by atoms with van der Waals surface area (Å²) in [4.78, 5) is 12.0. The van der Waals surface area contributed by atoms with E-state index < -0.39 is 5.60 Å². The van der Waals surface area contributed by atoms with E-state index in [4.69, 9.17) is 28.8 Å². The number of carbonyl (C=O) groups excluding carboxylic acids is 1. The summed E-state index contributed by atoms with van der Waals surface area (Å²) in [5.41, 5.74) is 4.01. The fraction of sp³-hybridized carbons (Fsp3) is 0.568. The van der Waals surface area contributed by atoms with Gasteiger partial charge >= 0.3 is 5.97 Å². The summed E-state index contributed by atoms with van der Waals surface area (Å²) in [5.74, 6) is 2.27. The number of aromatic nitrogens is 2. The summed E-state index contributed by atoms with van der Waals surface area (Å²) in [6.07, 6.45) is 7.48. The molecule has 8 nitrogen and oxygen atoms in total. The van der Waals surface area contributed by atoms with Gasteiger partial charge in [-0.25, -0.2) is 4.79 Å². The van der Waals surface area contributed by atoms with Crippen molar-refractivity contribution in [2.24, 2.45) is 11.8 Å². The van der Waals surface area contributed by atoms with Gasteiger partial charge in [0.1, 0.15) is 23.0 Å². The summed E-state index contributed by atoms with van der Waals surface area (Å²) >= 11 is 1.74. The maximum Gasteiger partial charge on any atom is 0.332 e. The molecule has 1 unspecified atom stereocenters. The molecule has 5 rings (SSSR count). The minimum absolute atomic E-state index is 0.0110. The molecule has 2 fully saturated rings. The van der Waals surface area contributed by atoms with Gasteiger partial charge in [-0.3, -0.25) is 4.68 Å². The smallest absolute Gasteiger partial charge is 0.332 e. The zero-order chi connectivity index (χ0) is 32.4. The van der Waals surface area contributed by atoms with Crippen molar-refractivity contribution in [3.63, 3.8) is 0 Å². The van der Waals surface area contributed by atoms with Crippen molar-refractivity contribution in [1.82, 2.24) is 9.78 Å².